The first-order valence-electron chi connectivity index (χ1n) is 13.0. The Morgan fingerprint density at radius 1 is 1.07 bits per heavy atom. The van der Waals surface area contributed by atoms with Gasteiger partial charge in [0.2, 0.25) is 11.7 Å². The Balaban J connectivity index is 1.47. The molecule has 0 radical (unpaired) electrons. The van der Waals surface area contributed by atoms with Crippen LogP contribution in [0.4, 0.5) is 5.69 Å². The zero-order chi connectivity index (χ0) is 28.9. The molecule has 5 aromatic rings. The van der Waals surface area contributed by atoms with Gasteiger partial charge in [-0.3, -0.25) is 14.5 Å². The van der Waals surface area contributed by atoms with Crippen molar-refractivity contribution in [1.82, 2.24) is 25.5 Å². The Morgan fingerprint density at radius 2 is 1.88 bits per heavy atom. The molecule has 1 N–H and O–H groups in total. The Kier molecular flexibility index (Phi) is 8.25. The van der Waals surface area contributed by atoms with Crippen molar-refractivity contribution >= 4 is 28.8 Å². The number of nitrogens with zero attached hydrogens (tertiary/aromatic N) is 5. The molecule has 10 nitrogen and oxygen atoms in total. The topological polar surface area (TPSA) is 115 Å². The first kappa shape index (κ1) is 27.8. The van der Waals surface area contributed by atoms with Gasteiger partial charge in [0.05, 0.1) is 7.11 Å². The van der Waals surface area contributed by atoms with Crippen LogP contribution >= 0.6 is 11.3 Å². The van der Waals surface area contributed by atoms with Gasteiger partial charge in [-0.25, -0.2) is 0 Å². The van der Waals surface area contributed by atoms with Crippen molar-refractivity contribution in [3.8, 4) is 17.3 Å². The summed E-state index contributed by atoms with van der Waals surface area (Å²) >= 11 is 1.41. The predicted octanol–water partition coefficient (Wildman–Crippen LogP) is 5.02. The molecule has 3 heterocycles. The SMILES string of the molecule is COc1ccc(CNC(=O)[C@H](c2cccs2)N(C(=O)Cn2nnc(-c3ccc(C)o3)n2)c2ccc(C)cc2C)cc1. The minimum atomic E-state index is -0.919. The van der Waals surface area contributed by atoms with Crippen molar-refractivity contribution in [2.24, 2.45) is 0 Å². The quantitative estimate of drug-likeness (QED) is 0.251. The molecule has 2 amide bonds. The smallest absolute Gasteiger partial charge is 0.251 e. The molecule has 3 aromatic heterocycles. The molecule has 0 fully saturated rings. The molecule has 0 aliphatic carbocycles. The lowest BCUT2D eigenvalue weighted by molar-refractivity contribution is -0.127. The molecule has 0 aliphatic rings. The molecule has 1 atom stereocenters. The van der Waals surface area contributed by atoms with Crippen molar-refractivity contribution in [2.75, 3.05) is 12.0 Å². The fourth-order valence-corrected chi connectivity index (χ4v) is 5.32. The van der Waals surface area contributed by atoms with E-state index in [1.54, 1.807) is 19.2 Å². The molecule has 0 saturated carbocycles. The number of carbonyl (C=O) groups is 2. The summed E-state index contributed by atoms with van der Waals surface area (Å²) in [6.45, 7) is 5.79. The number of amides is 2. The first-order valence-corrected chi connectivity index (χ1v) is 13.9. The fourth-order valence-electron chi connectivity index (χ4n) is 4.50. The van der Waals surface area contributed by atoms with Crippen molar-refractivity contribution in [3.63, 3.8) is 0 Å². The highest BCUT2D eigenvalue weighted by Gasteiger charge is 2.34. The molecule has 0 bridgehead atoms. The standard InChI is InChI=1S/C30H30N6O4S/c1-19-7-13-24(20(2)16-19)36(27(37)18-35-33-29(32-34-35)25-14-8-21(3)40-25)28(26-6-5-15-41-26)30(38)31-17-22-9-11-23(39-4)12-10-22/h5-16,28H,17-18H2,1-4H3,(H,31,38)/t28-/m0/s1. The number of rotatable bonds is 10. The summed E-state index contributed by atoms with van der Waals surface area (Å²) in [7, 11) is 1.61. The molecular weight excluding hydrogens is 540 g/mol. The van der Waals surface area contributed by atoms with Crippen molar-refractivity contribution in [1.29, 1.82) is 0 Å². The number of anilines is 1. The Hall–Kier alpha value is -4.77. The maximum Gasteiger partial charge on any atom is 0.251 e. The summed E-state index contributed by atoms with van der Waals surface area (Å²) < 4.78 is 10.8. The van der Waals surface area contributed by atoms with Gasteiger partial charge in [0.25, 0.3) is 5.91 Å². The number of hydrogen-bond donors (Lipinski definition) is 1. The second-order valence-electron chi connectivity index (χ2n) is 9.59. The number of ether oxygens (including phenoxy) is 1. The monoisotopic (exact) mass is 570 g/mol. The number of carbonyl (C=O) groups excluding carboxylic acids is 2. The van der Waals surface area contributed by atoms with Gasteiger partial charge in [-0.1, -0.05) is 35.9 Å². The van der Waals surface area contributed by atoms with Crippen LogP contribution in [0.15, 0.2) is 76.5 Å². The van der Waals surface area contributed by atoms with E-state index in [1.165, 1.54) is 21.0 Å². The molecule has 0 aliphatic heterocycles. The minimum Gasteiger partial charge on any atom is -0.497 e. The van der Waals surface area contributed by atoms with Gasteiger partial charge in [0, 0.05) is 17.1 Å². The highest BCUT2D eigenvalue weighted by atomic mass is 32.1. The first-order chi connectivity index (χ1) is 19.8. The molecule has 0 spiro atoms. The highest BCUT2D eigenvalue weighted by Crippen LogP contribution is 2.33. The van der Waals surface area contributed by atoms with Gasteiger partial charge < -0.3 is 14.5 Å². The average Bonchev–Trinajstić information content (AvgIpc) is 3.74. The lowest BCUT2D eigenvalue weighted by Crippen LogP contribution is -2.45. The lowest BCUT2D eigenvalue weighted by atomic mass is 10.1. The number of furan rings is 1. The second-order valence-corrected chi connectivity index (χ2v) is 10.6. The number of benzene rings is 2. The number of nitrogens with one attached hydrogen (secondary N) is 1. The molecular formula is C30H30N6O4S. The van der Waals surface area contributed by atoms with Gasteiger partial charge in [0.15, 0.2) is 5.76 Å². The Labute approximate surface area is 241 Å². The van der Waals surface area contributed by atoms with Gasteiger partial charge in [-0.15, -0.1) is 21.5 Å². The second kappa shape index (κ2) is 12.2. The van der Waals surface area contributed by atoms with Crippen LogP contribution in [-0.4, -0.2) is 39.1 Å². The Morgan fingerprint density at radius 3 is 2.54 bits per heavy atom. The van der Waals surface area contributed by atoms with Crippen LogP contribution in [0, 0.1) is 20.8 Å². The van der Waals surface area contributed by atoms with E-state index in [9.17, 15) is 9.59 Å². The van der Waals surface area contributed by atoms with E-state index in [0.717, 1.165) is 27.3 Å². The molecule has 11 heteroatoms. The van der Waals surface area contributed by atoms with E-state index < -0.39 is 6.04 Å². The number of aryl methyl sites for hydroxylation is 3. The van der Waals surface area contributed by atoms with Gasteiger partial charge in [0.1, 0.15) is 24.1 Å². The third-order valence-corrected chi connectivity index (χ3v) is 7.44. The zero-order valence-corrected chi connectivity index (χ0v) is 24.0. The van der Waals surface area contributed by atoms with Crippen LogP contribution in [0.3, 0.4) is 0 Å². The van der Waals surface area contributed by atoms with Crippen LogP contribution in [0.25, 0.3) is 11.6 Å². The molecule has 0 unspecified atom stereocenters. The largest absolute Gasteiger partial charge is 0.497 e. The highest BCUT2D eigenvalue weighted by molar-refractivity contribution is 7.10. The third kappa shape index (κ3) is 6.36. The molecule has 41 heavy (non-hydrogen) atoms. The van der Waals surface area contributed by atoms with Crippen LogP contribution in [0.2, 0.25) is 0 Å². The van der Waals surface area contributed by atoms with Crippen LogP contribution < -0.4 is 15.0 Å². The maximum absolute atomic E-state index is 14.1. The third-order valence-electron chi connectivity index (χ3n) is 6.52. The normalized spacial score (nSPS) is 11.7. The average molecular weight is 571 g/mol. The number of hydrogen-bond acceptors (Lipinski definition) is 8. The van der Waals surface area contributed by atoms with E-state index in [-0.39, 0.29) is 30.7 Å². The predicted molar refractivity (Wildman–Crippen MR) is 156 cm³/mol. The lowest BCUT2D eigenvalue weighted by Gasteiger charge is -2.31. The van der Waals surface area contributed by atoms with Crippen molar-refractivity contribution in [2.45, 2.75) is 39.9 Å². The van der Waals surface area contributed by atoms with Gasteiger partial charge in [-0.05, 0) is 78.9 Å². The summed E-state index contributed by atoms with van der Waals surface area (Å²) in [6, 6.07) is 19.6. The van der Waals surface area contributed by atoms with Gasteiger partial charge in [-0.2, -0.15) is 4.80 Å². The van der Waals surface area contributed by atoms with Crippen LogP contribution in [0.1, 0.15) is 33.4 Å². The Bertz CT molecular complexity index is 1640. The number of tetrazole rings is 1. The van der Waals surface area contributed by atoms with E-state index in [2.05, 4.69) is 20.7 Å². The zero-order valence-electron chi connectivity index (χ0n) is 23.2. The molecule has 5 rings (SSSR count). The van der Waals surface area contributed by atoms with Crippen molar-refractivity contribution < 1.29 is 18.7 Å². The number of methoxy groups -OCH3 is 1. The summed E-state index contributed by atoms with van der Waals surface area (Å²) in [5, 5.41) is 17.4. The van der Waals surface area contributed by atoms with Crippen LogP contribution in [0.5, 0.6) is 5.75 Å². The molecule has 210 valence electrons. The van der Waals surface area contributed by atoms with E-state index in [4.69, 9.17) is 9.15 Å². The summed E-state index contributed by atoms with van der Waals surface area (Å²) in [5.74, 6) is 1.50. The fraction of sp³-hybridized carbons (Fsp3) is 0.233. The summed E-state index contributed by atoms with van der Waals surface area (Å²) in [6.07, 6.45) is 0. The van der Waals surface area contributed by atoms with E-state index in [1.807, 2.05) is 80.7 Å². The van der Waals surface area contributed by atoms with Crippen LogP contribution in [-0.2, 0) is 22.7 Å². The van der Waals surface area contributed by atoms with Crippen molar-refractivity contribution in [3.05, 3.63) is 99.4 Å². The van der Waals surface area contributed by atoms with E-state index >= 15 is 0 Å². The molecule has 0 saturated heterocycles. The van der Waals surface area contributed by atoms with Gasteiger partial charge >= 0.3 is 0 Å². The maximum atomic E-state index is 14.1. The number of aromatic nitrogens is 4. The van der Waals surface area contributed by atoms with E-state index in [0.29, 0.717) is 17.2 Å². The molecule has 2 aromatic carbocycles. The summed E-state index contributed by atoms with van der Waals surface area (Å²) in [5.41, 5.74) is 3.44. The number of thiophene rings is 1. The summed E-state index contributed by atoms with van der Waals surface area (Å²) in [4.78, 5) is 31.4. The minimum absolute atomic E-state index is 0.229.